The van der Waals surface area contributed by atoms with Crippen LogP contribution in [0, 0.1) is 27.7 Å². The van der Waals surface area contributed by atoms with Crippen molar-refractivity contribution in [3.63, 3.8) is 0 Å². The summed E-state index contributed by atoms with van der Waals surface area (Å²) in [5, 5.41) is 0. The van der Waals surface area contributed by atoms with Gasteiger partial charge >= 0.3 is 0 Å². The van der Waals surface area contributed by atoms with E-state index < -0.39 is 18.2 Å². The third kappa shape index (κ3) is 3.91. The average Bonchev–Trinajstić information content (AvgIpc) is 2.59. The molecule has 0 amide bonds. The van der Waals surface area contributed by atoms with Crippen LogP contribution in [0.15, 0.2) is 30.3 Å². The molecule has 2 aromatic rings. The number of carbonyl (C=O) groups excluding carboxylic acids is 2. The van der Waals surface area contributed by atoms with Crippen molar-refractivity contribution in [2.45, 2.75) is 60.8 Å². The minimum Gasteiger partial charge on any atom is -0.307 e. The molecule has 3 nitrogen and oxygen atoms in total. The van der Waals surface area contributed by atoms with Crippen LogP contribution in [0.3, 0.4) is 0 Å². The van der Waals surface area contributed by atoms with Crippen molar-refractivity contribution in [2.75, 3.05) is 6.16 Å². The van der Waals surface area contributed by atoms with Crippen molar-refractivity contribution in [1.82, 2.24) is 0 Å². The zero-order chi connectivity index (χ0) is 21.4. The van der Waals surface area contributed by atoms with Gasteiger partial charge in [-0.25, -0.2) is 0 Å². The van der Waals surface area contributed by atoms with E-state index >= 15 is 0 Å². The topological polar surface area (TPSA) is 51.2 Å². The second kappa shape index (κ2) is 7.79. The molecule has 2 aromatic carbocycles. The maximum Gasteiger partial charge on any atom is 0.229 e. The lowest BCUT2D eigenvalue weighted by Crippen LogP contribution is -2.18. The van der Waals surface area contributed by atoms with E-state index in [2.05, 4.69) is 20.8 Å². The van der Waals surface area contributed by atoms with Gasteiger partial charge in [-0.3, -0.25) is 9.59 Å². The third-order valence-electron chi connectivity index (χ3n) is 5.41. The van der Waals surface area contributed by atoms with Crippen molar-refractivity contribution in [2.24, 2.45) is 0 Å². The molecular formula is C24H31O3P. The molecule has 0 bridgehead atoms. The zero-order valence-corrected chi connectivity index (χ0v) is 19.2. The number of hydrogen-bond acceptors (Lipinski definition) is 3. The number of carbonyl (C=O) groups is 2. The van der Waals surface area contributed by atoms with E-state index in [-0.39, 0.29) is 11.6 Å². The molecule has 0 aromatic heterocycles. The molecule has 1 atom stereocenters. The van der Waals surface area contributed by atoms with E-state index in [4.69, 9.17) is 0 Å². The number of aryl methyl sites for hydroxylation is 4. The molecule has 2 rings (SSSR count). The molecule has 0 heterocycles. The van der Waals surface area contributed by atoms with E-state index in [1.807, 2.05) is 58.0 Å². The molecule has 0 fully saturated rings. The largest absolute Gasteiger partial charge is 0.307 e. The van der Waals surface area contributed by atoms with Crippen LogP contribution in [-0.4, -0.2) is 17.2 Å². The van der Waals surface area contributed by atoms with Gasteiger partial charge in [0, 0.05) is 17.3 Å². The Morgan fingerprint density at radius 2 is 1.21 bits per heavy atom. The van der Waals surface area contributed by atoms with Gasteiger partial charge in [-0.05, 0) is 60.9 Å². The Morgan fingerprint density at radius 1 is 0.821 bits per heavy atom. The second-order valence-electron chi connectivity index (χ2n) is 8.67. The smallest absolute Gasteiger partial charge is 0.229 e. The molecule has 150 valence electrons. The van der Waals surface area contributed by atoms with Crippen molar-refractivity contribution >= 4 is 18.2 Å². The van der Waals surface area contributed by atoms with Gasteiger partial charge in [0.25, 0.3) is 0 Å². The molecule has 0 saturated carbocycles. The fourth-order valence-electron chi connectivity index (χ4n) is 3.63. The van der Waals surface area contributed by atoms with E-state index in [1.165, 1.54) is 0 Å². The maximum atomic E-state index is 13.8. The van der Waals surface area contributed by atoms with Gasteiger partial charge < -0.3 is 4.57 Å². The van der Waals surface area contributed by atoms with Crippen molar-refractivity contribution in [1.29, 1.82) is 0 Å². The summed E-state index contributed by atoms with van der Waals surface area (Å²) in [7, 11) is -3.77. The van der Waals surface area contributed by atoms with Gasteiger partial charge in [-0.15, -0.1) is 0 Å². The monoisotopic (exact) mass is 398 g/mol. The van der Waals surface area contributed by atoms with Gasteiger partial charge in [-0.1, -0.05) is 58.0 Å². The summed E-state index contributed by atoms with van der Waals surface area (Å²) in [6, 6.07) is 9.45. The molecule has 1 unspecified atom stereocenters. The Hall–Kier alpha value is -1.99. The van der Waals surface area contributed by atoms with E-state index in [9.17, 15) is 14.2 Å². The lowest BCUT2D eigenvalue weighted by molar-refractivity contribution is 0.103. The first-order valence-electron chi connectivity index (χ1n) is 9.71. The SMILES string of the molecule is CCP(=O)(C(=O)c1c(C)cccc1C)C(=O)c1c(C)cc(C(C)(C)C)cc1C. The van der Waals surface area contributed by atoms with Crippen LogP contribution in [0.5, 0.6) is 0 Å². The molecule has 28 heavy (non-hydrogen) atoms. The van der Waals surface area contributed by atoms with Crippen molar-refractivity contribution in [3.05, 3.63) is 69.3 Å². The van der Waals surface area contributed by atoms with Gasteiger partial charge in [0.1, 0.15) is 0 Å². The Balaban J connectivity index is 2.63. The average molecular weight is 398 g/mol. The standard InChI is InChI=1S/C24H31O3P/c1-9-28(27,22(25)20-15(2)11-10-12-16(20)3)23(26)21-17(4)13-19(14-18(21)5)24(6,7)8/h10-14H,9H2,1-8H3. The molecule has 0 spiro atoms. The van der Waals surface area contributed by atoms with Crippen molar-refractivity contribution < 1.29 is 14.2 Å². The lowest BCUT2D eigenvalue weighted by atomic mass is 9.84. The summed E-state index contributed by atoms with van der Waals surface area (Å²) >= 11 is 0. The van der Waals surface area contributed by atoms with E-state index in [1.54, 1.807) is 6.92 Å². The highest BCUT2D eigenvalue weighted by molar-refractivity contribution is 7.95. The fraction of sp³-hybridized carbons (Fsp3) is 0.417. The molecule has 0 aliphatic rings. The first-order chi connectivity index (χ1) is 12.8. The summed E-state index contributed by atoms with van der Waals surface area (Å²) in [5.74, 6) is 0. The number of benzene rings is 2. The summed E-state index contributed by atoms with van der Waals surface area (Å²) in [4.78, 5) is 26.8. The first kappa shape index (κ1) is 22.3. The summed E-state index contributed by atoms with van der Waals surface area (Å²) in [6.45, 7) is 15.4. The first-order valence-corrected chi connectivity index (χ1v) is 11.6. The van der Waals surface area contributed by atoms with Gasteiger partial charge in [0.2, 0.25) is 18.2 Å². The fourth-order valence-corrected chi connectivity index (χ4v) is 5.81. The molecule has 0 N–H and O–H groups in total. The molecular weight excluding hydrogens is 367 g/mol. The Kier molecular flexibility index (Phi) is 6.21. The van der Waals surface area contributed by atoms with Gasteiger partial charge in [0.15, 0.2) is 0 Å². The Morgan fingerprint density at radius 3 is 1.57 bits per heavy atom. The van der Waals surface area contributed by atoms with E-state index in [0.29, 0.717) is 11.1 Å². The number of rotatable bonds is 5. The normalized spacial score (nSPS) is 13.9. The zero-order valence-electron chi connectivity index (χ0n) is 18.3. The highest BCUT2D eigenvalue weighted by Gasteiger charge is 2.41. The number of hydrogen-bond donors (Lipinski definition) is 0. The summed E-state index contributed by atoms with van der Waals surface area (Å²) < 4.78 is 13.8. The minimum absolute atomic E-state index is 0.0261. The van der Waals surface area contributed by atoms with Crippen LogP contribution in [0.25, 0.3) is 0 Å². The predicted molar refractivity (Wildman–Crippen MR) is 117 cm³/mol. The molecule has 0 radical (unpaired) electrons. The molecule has 0 aliphatic heterocycles. The van der Waals surface area contributed by atoms with Crippen LogP contribution >= 0.6 is 7.14 Å². The molecule has 0 aliphatic carbocycles. The van der Waals surface area contributed by atoms with Crippen LogP contribution in [-0.2, 0) is 9.98 Å². The summed E-state index contributed by atoms with van der Waals surface area (Å²) in [5.41, 5.74) is 3.93. The molecule has 0 saturated heterocycles. The Labute approximate surface area is 168 Å². The molecule has 4 heteroatoms. The highest BCUT2D eigenvalue weighted by Crippen LogP contribution is 2.53. The van der Waals surface area contributed by atoms with E-state index in [0.717, 1.165) is 27.8 Å². The van der Waals surface area contributed by atoms with Crippen molar-refractivity contribution in [3.8, 4) is 0 Å². The maximum absolute atomic E-state index is 13.8. The van der Waals surface area contributed by atoms with Gasteiger partial charge in [-0.2, -0.15) is 0 Å². The Bertz CT molecular complexity index is 950. The second-order valence-corrected chi connectivity index (χ2v) is 11.6. The predicted octanol–water partition coefficient (Wildman–Crippen LogP) is 6.58. The highest BCUT2D eigenvalue weighted by atomic mass is 31.2. The van der Waals surface area contributed by atoms with Crippen LogP contribution in [0.2, 0.25) is 0 Å². The lowest BCUT2D eigenvalue weighted by Gasteiger charge is -2.23. The van der Waals surface area contributed by atoms with Crippen LogP contribution in [0.4, 0.5) is 0 Å². The van der Waals surface area contributed by atoms with Gasteiger partial charge in [0.05, 0.1) is 0 Å². The quantitative estimate of drug-likeness (QED) is 0.534. The van der Waals surface area contributed by atoms with Crippen LogP contribution < -0.4 is 0 Å². The van der Waals surface area contributed by atoms with Crippen LogP contribution in [0.1, 0.15) is 76.2 Å². The summed E-state index contributed by atoms with van der Waals surface area (Å²) in [6.07, 6.45) is 0.0261. The third-order valence-corrected chi connectivity index (χ3v) is 8.06. The minimum atomic E-state index is -3.77.